The number of unbranched alkanes of at least 4 members (excludes halogenated alkanes) is 1. The van der Waals surface area contributed by atoms with Gasteiger partial charge in [-0.2, -0.15) is 0 Å². The van der Waals surface area contributed by atoms with Gasteiger partial charge in [0.15, 0.2) is 0 Å². The number of aryl methyl sites for hydroxylation is 2. The van der Waals surface area contributed by atoms with Crippen LogP contribution in [-0.2, 0) is 27.1 Å². The first-order chi connectivity index (χ1) is 17.1. The molecule has 0 spiro atoms. The van der Waals surface area contributed by atoms with E-state index in [0.29, 0.717) is 38.8 Å². The van der Waals surface area contributed by atoms with Crippen LogP contribution in [0.5, 0.6) is 0 Å². The van der Waals surface area contributed by atoms with Crippen LogP contribution in [-0.4, -0.2) is 78.6 Å². The van der Waals surface area contributed by atoms with E-state index in [2.05, 4.69) is 27.7 Å². The Morgan fingerprint density at radius 2 is 2.03 bits per heavy atom. The number of hydrogen-bond acceptors (Lipinski definition) is 7. The Labute approximate surface area is 208 Å². The normalized spacial score (nSPS) is 19.0. The van der Waals surface area contributed by atoms with E-state index in [1.165, 1.54) is 12.0 Å². The topological polar surface area (TPSA) is 113 Å². The van der Waals surface area contributed by atoms with Crippen LogP contribution in [0.3, 0.4) is 0 Å². The van der Waals surface area contributed by atoms with Crippen molar-refractivity contribution in [1.82, 2.24) is 15.2 Å². The number of alkyl carbamates (subject to hydrolysis) is 1. The largest absolute Gasteiger partial charge is 0.480 e. The summed E-state index contributed by atoms with van der Waals surface area (Å²) in [6.45, 7) is 4.28. The monoisotopic (exact) mass is 488 g/mol. The second-order valence-electron chi connectivity index (χ2n) is 10.0. The van der Waals surface area contributed by atoms with Gasteiger partial charge in [0.1, 0.15) is 11.9 Å². The average Bonchev–Trinajstić information content (AvgIpc) is 3.72. The van der Waals surface area contributed by atoms with Crippen molar-refractivity contribution in [2.24, 2.45) is 5.92 Å². The summed E-state index contributed by atoms with van der Waals surface area (Å²) < 4.78 is 10.6. The minimum Gasteiger partial charge on any atom is -0.480 e. The molecule has 1 atom stereocenters. The molecule has 1 saturated heterocycles. The van der Waals surface area contributed by atoms with Crippen LogP contribution >= 0.6 is 0 Å². The third-order valence-corrected chi connectivity index (χ3v) is 7.23. The molecule has 9 heteroatoms. The fraction of sp³-hybridized carbons (Fsp3) is 0.731. The summed E-state index contributed by atoms with van der Waals surface area (Å²) in [7, 11) is 0. The van der Waals surface area contributed by atoms with E-state index in [1.54, 1.807) is 0 Å². The smallest absolute Gasteiger partial charge is 0.407 e. The molecule has 1 saturated carbocycles. The number of aromatic nitrogens is 1. The van der Waals surface area contributed by atoms with Crippen molar-refractivity contribution < 1.29 is 24.2 Å². The van der Waals surface area contributed by atoms with Crippen LogP contribution < -0.4 is 10.6 Å². The minimum absolute atomic E-state index is 0.288. The van der Waals surface area contributed by atoms with Gasteiger partial charge in [-0.3, -0.25) is 0 Å². The number of amides is 1. The van der Waals surface area contributed by atoms with Crippen LogP contribution in [0, 0.1) is 5.92 Å². The summed E-state index contributed by atoms with van der Waals surface area (Å²) in [4.78, 5) is 31.1. The van der Waals surface area contributed by atoms with Gasteiger partial charge < -0.3 is 30.1 Å². The highest BCUT2D eigenvalue weighted by molar-refractivity contribution is 5.79. The van der Waals surface area contributed by atoms with Gasteiger partial charge in [-0.25, -0.2) is 14.6 Å². The Hall–Kier alpha value is -2.39. The van der Waals surface area contributed by atoms with Crippen molar-refractivity contribution in [3.63, 3.8) is 0 Å². The molecule has 1 amide bonds. The highest BCUT2D eigenvalue weighted by Crippen LogP contribution is 2.27. The zero-order valence-corrected chi connectivity index (χ0v) is 20.7. The SMILES string of the molecule is O=C(N[C@@H](CCN(CCCCc1ccc2c(n1)NCCC2)C1CC1)C(=O)O)OCC1CCOCC1. The molecular weight excluding hydrogens is 448 g/mol. The van der Waals surface area contributed by atoms with E-state index in [4.69, 9.17) is 14.5 Å². The zero-order valence-electron chi connectivity index (χ0n) is 20.7. The van der Waals surface area contributed by atoms with E-state index in [0.717, 1.165) is 76.0 Å². The third-order valence-electron chi connectivity index (χ3n) is 7.23. The molecule has 0 radical (unpaired) electrons. The summed E-state index contributed by atoms with van der Waals surface area (Å²) in [6.07, 6.45) is 9.10. The number of ether oxygens (including phenoxy) is 2. The summed E-state index contributed by atoms with van der Waals surface area (Å²) in [5.74, 6) is 0.318. The Bertz CT molecular complexity index is 841. The minimum atomic E-state index is -1.02. The van der Waals surface area contributed by atoms with Crippen LogP contribution in [0.2, 0.25) is 0 Å². The molecule has 1 aromatic rings. The van der Waals surface area contributed by atoms with E-state index < -0.39 is 18.1 Å². The fourth-order valence-electron chi connectivity index (χ4n) is 4.89. The van der Waals surface area contributed by atoms with E-state index in [9.17, 15) is 14.7 Å². The molecule has 3 aliphatic rings. The molecule has 3 N–H and O–H groups in total. The second kappa shape index (κ2) is 13.1. The number of rotatable bonds is 13. The standard InChI is InChI=1S/C26H40N4O5/c31-25(32)23(29-26(33)35-18-19-11-16-34-17-12-19)10-15-30(22-8-9-22)14-2-1-5-21-7-6-20-4-3-13-27-24(20)28-21/h6-7,19,22-23H,1-5,8-18H2,(H,27,28)(H,29,33)(H,31,32)/t23-/m0/s1. The Morgan fingerprint density at radius 3 is 2.80 bits per heavy atom. The lowest BCUT2D eigenvalue weighted by molar-refractivity contribution is -0.139. The summed E-state index contributed by atoms with van der Waals surface area (Å²) in [6, 6.07) is 3.95. The third kappa shape index (κ3) is 8.35. The van der Waals surface area contributed by atoms with Gasteiger partial charge in [-0.15, -0.1) is 0 Å². The first-order valence-electron chi connectivity index (χ1n) is 13.3. The number of pyridine rings is 1. The molecule has 9 nitrogen and oxygen atoms in total. The van der Waals surface area contributed by atoms with Gasteiger partial charge in [0.25, 0.3) is 0 Å². The number of fused-ring (bicyclic) bond motifs is 1. The Kier molecular flexibility index (Phi) is 9.59. The highest BCUT2D eigenvalue weighted by atomic mass is 16.5. The van der Waals surface area contributed by atoms with Gasteiger partial charge in [0.2, 0.25) is 0 Å². The fourth-order valence-corrected chi connectivity index (χ4v) is 4.89. The van der Waals surface area contributed by atoms with E-state index in [-0.39, 0.29) is 5.92 Å². The second-order valence-corrected chi connectivity index (χ2v) is 10.0. The van der Waals surface area contributed by atoms with Crippen molar-refractivity contribution in [1.29, 1.82) is 0 Å². The zero-order chi connectivity index (χ0) is 24.5. The number of carboxylic acid groups (broad SMARTS) is 1. The van der Waals surface area contributed by atoms with Crippen LogP contribution in [0.4, 0.5) is 10.6 Å². The van der Waals surface area contributed by atoms with Gasteiger partial charge in [-0.05, 0) is 88.3 Å². The Balaban J connectivity index is 1.16. The number of hydrogen-bond donors (Lipinski definition) is 3. The molecule has 194 valence electrons. The highest BCUT2D eigenvalue weighted by Gasteiger charge is 2.30. The van der Waals surface area contributed by atoms with Crippen LogP contribution in [0.15, 0.2) is 12.1 Å². The molecule has 2 aliphatic heterocycles. The molecule has 35 heavy (non-hydrogen) atoms. The molecule has 0 unspecified atom stereocenters. The predicted octanol–water partition coefficient (Wildman–Crippen LogP) is 3.22. The maximum Gasteiger partial charge on any atom is 0.407 e. The lowest BCUT2D eigenvalue weighted by Crippen LogP contribution is -2.44. The number of aliphatic carboxylic acids is 1. The predicted molar refractivity (Wildman–Crippen MR) is 133 cm³/mol. The van der Waals surface area contributed by atoms with E-state index in [1.807, 2.05) is 0 Å². The molecular formula is C26H40N4O5. The van der Waals surface area contributed by atoms with Crippen molar-refractivity contribution >= 4 is 17.9 Å². The first-order valence-corrected chi connectivity index (χ1v) is 13.3. The van der Waals surface area contributed by atoms with Gasteiger partial charge >= 0.3 is 12.1 Å². The molecule has 1 aliphatic carbocycles. The van der Waals surface area contributed by atoms with Gasteiger partial charge in [0.05, 0.1) is 6.61 Å². The number of carbonyl (C=O) groups excluding carboxylic acids is 1. The molecule has 0 bridgehead atoms. The van der Waals surface area contributed by atoms with Gasteiger partial charge in [0, 0.05) is 38.0 Å². The summed E-state index contributed by atoms with van der Waals surface area (Å²) >= 11 is 0. The number of carbonyl (C=O) groups is 2. The number of nitrogens with one attached hydrogen (secondary N) is 2. The Morgan fingerprint density at radius 1 is 1.20 bits per heavy atom. The molecule has 0 aromatic carbocycles. The van der Waals surface area contributed by atoms with Gasteiger partial charge in [-0.1, -0.05) is 6.07 Å². The summed E-state index contributed by atoms with van der Waals surface area (Å²) in [5.41, 5.74) is 2.44. The average molecular weight is 489 g/mol. The van der Waals surface area contributed by atoms with Crippen molar-refractivity contribution in [3.05, 3.63) is 23.4 Å². The van der Waals surface area contributed by atoms with Crippen molar-refractivity contribution in [2.45, 2.75) is 76.3 Å². The molecule has 4 rings (SSSR count). The maximum absolute atomic E-state index is 12.2. The maximum atomic E-state index is 12.2. The molecule has 3 heterocycles. The molecule has 1 aromatic heterocycles. The number of anilines is 1. The van der Waals surface area contributed by atoms with Crippen molar-refractivity contribution in [3.8, 4) is 0 Å². The lowest BCUT2D eigenvalue weighted by atomic mass is 10.0. The lowest BCUT2D eigenvalue weighted by Gasteiger charge is -2.25. The summed E-state index contributed by atoms with van der Waals surface area (Å²) in [5, 5.41) is 15.6. The van der Waals surface area contributed by atoms with Crippen molar-refractivity contribution in [2.75, 3.05) is 44.8 Å². The number of carboxylic acids is 1. The quantitative estimate of drug-likeness (QED) is 0.363. The van der Waals surface area contributed by atoms with Crippen LogP contribution in [0.25, 0.3) is 0 Å². The number of nitrogens with zero attached hydrogens (tertiary/aromatic N) is 2. The first kappa shape index (κ1) is 25.7. The molecule has 2 fully saturated rings. The van der Waals surface area contributed by atoms with Crippen LogP contribution in [0.1, 0.15) is 62.6 Å². The van der Waals surface area contributed by atoms with E-state index >= 15 is 0 Å².